The number of aryl methyl sites for hydroxylation is 2. The van der Waals surface area contributed by atoms with E-state index >= 15 is 0 Å². The third-order valence-corrected chi connectivity index (χ3v) is 3.85. The van der Waals surface area contributed by atoms with Gasteiger partial charge < -0.3 is 4.74 Å². The highest BCUT2D eigenvalue weighted by molar-refractivity contribution is 5.55. The zero-order chi connectivity index (χ0) is 18.7. The number of benzene rings is 2. The summed E-state index contributed by atoms with van der Waals surface area (Å²) in [6, 6.07) is 10.7. The predicted octanol–water partition coefficient (Wildman–Crippen LogP) is 4.05. The van der Waals surface area contributed by atoms with E-state index in [0.717, 1.165) is 29.0 Å². The second kappa shape index (κ2) is 7.15. The van der Waals surface area contributed by atoms with Crippen LogP contribution in [0.5, 0.6) is 5.75 Å². The molecule has 26 heavy (non-hydrogen) atoms. The lowest BCUT2D eigenvalue weighted by Gasteiger charge is -2.11. The zero-order valence-electron chi connectivity index (χ0n) is 14.3. The summed E-state index contributed by atoms with van der Waals surface area (Å²) >= 11 is 0. The van der Waals surface area contributed by atoms with Gasteiger partial charge in [-0.15, -0.1) is 10.2 Å². The van der Waals surface area contributed by atoms with Gasteiger partial charge in [0.2, 0.25) is 5.82 Å². The van der Waals surface area contributed by atoms with Crippen molar-refractivity contribution in [3.05, 3.63) is 59.2 Å². The molecule has 136 valence electrons. The van der Waals surface area contributed by atoms with Crippen molar-refractivity contribution >= 4 is 0 Å². The number of para-hydroxylation sites is 1. The molecular formula is C18H17F3N4O. The van der Waals surface area contributed by atoms with Gasteiger partial charge in [0.25, 0.3) is 0 Å². The quantitative estimate of drug-likeness (QED) is 0.687. The molecule has 0 spiro atoms. The van der Waals surface area contributed by atoms with E-state index in [1.165, 1.54) is 16.9 Å². The van der Waals surface area contributed by atoms with E-state index in [1.54, 1.807) is 0 Å². The number of rotatable bonds is 5. The highest BCUT2D eigenvalue weighted by Crippen LogP contribution is 2.31. The van der Waals surface area contributed by atoms with Crippen LogP contribution >= 0.6 is 0 Å². The van der Waals surface area contributed by atoms with Crippen LogP contribution in [0.1, 0.15) is 16.7 Å². The number of alkyl halides is 3. The molecule has 3 aromatic rings. The van der Waals surface area contributed by atoms with Crippen molar-refractivity contribution in [2.75, 3.05) is 6.61 Å². The fraction of sp³-hybridized carbons (Fsp3) is 0.278. The first-order chi connectivity index (χ1) is 12.3. The Morgan fingerprint density at radius 1 is 1.04 bits per heavy atom. The Kier molecular flexibility index (Phi) is 4.92. The normalized spacial score (nSPS) is 11.6. The van der Waals surface area contributed by atoms with Gasteiger partial charge in [0.15, 0.2) is 0 Å². The van der Waals surface area contributed by atoms with E-state index in [1.807, 2.05) is 32.0 Å². The number of nitrogens with zero attached hydrogens (tertiary/aromatic N) is 4. The molecule has 0 aliphatic heterocycles. The van der Waals surface area contributed by atoms with E-state index in [0.29, 0.717) is 13.2 Å². The third-order valence-electron chi connectivity index (χ3n) is 3.85. The second-order valence-corrected chi connectivity index (χ2v) is 5.86. The van der Waals surface area contributed by atoms with Crippen molar-refractivity contribution in [1.82, 2.24) is 20.2 Å². The average molecular weight is 362 g/mol. The minimum Gasteiger partial charge on any atom is -0.491 e. The minimum absolute atomic E-state index is 0.142. The van der Waals surface area contributed by atoms with Crippen LogP contribution in [0, 0.1) is 13.8 Å². The SMILES string of the molecule is Cc1cccc(C)c1OCCn1nnc(-c2cccc(C(F)(F)F)c2)n1. The molecule has 0 saturated carbocycles. The molecule has 1 heterocycles. The van der Waals surface area contributed by atoms with Crippen molar-refractivity contribution in [3.63, 3.8) is 0 Å². The minimum atomic E-state index is -4.41. The molecule has 3 rings (SSSR count). The largest absolute Gasteiger partial charge is 0.491 e. The fourth-order valence-electron chi connectivity index (χ4n) is 2.54. The van der Waals surface area contributed by atoms with Crippen LogP contribution in [0.15, 0.2) is 42.5 Å². The Morgan fingerprint density at radius 2 is 1.73 bits per heavy atom. The van der Waals surface area contributed by atoms with Gasteiger partial charge in [0.05, 0.1) is 12.1 Å². The highest BCUT2D eigenvalue weighted by Gasteiger charge is 2.30. The maximum absolute atomic E-state index is 12.8. The average Bonchev–Trinajstić information content (AvgIpc) is 3.06. The van der Waals surface area contributed by atoms with E-state index < -0.39 is 11.7 Å². The van der Waals surface area contributed by atoms with Gasteiger partial charge in [0.1, 0.15) is 12.4 Å². The fourth-order valence-corrected chi connectivity index (χ4v) is 2.54. The molecule has 0 aliphatic carbocycles. The number of hydrogen-bond acceptors (Lipinski definition) is 4. The molecule has 5 nitrogen and oxygen atoms in total. The van der Waals surface area contributed by atoms with Gasteiger partial charge in [-0.2, -0.15) is 18.0 Å². The lowest BCUT2D eigenvalue weighted by atomic mass is 10.1. The molecule has 0 aliphatic rings. The molecule has 0 radical (unpaired) electrons. The summed E-state index contributed by atoms with van der Waals surface area (Å²) in [7, 11) is 0. The Bertz CT molecular complexity index is 885. The summed E-state index contributed by atoms with van der Waals surface area (Å²) < 4.78 is 44.2. The standard InChI is InChI=1S/C18H17F3N4O/c1-12-5-3-6-13(2)16(12)26-10-9-25-23-17(22-24-25)14-7-4-8-15(11-14)18(19,20)21/h3-8,11H,9-10H2,1-2H3. The summed E-state index contributed by atoms with van der Waals surface area (Å²) in [5, 5.41) is 11.8. The molecular weight excluding hydrogens is 345 g/mol. The van der Waals surface area contributed by atoms with Crippen molar-refractivity contribution in [3.8, 4) is 17.1 Å². The lowest BCUT2D eigenvalue weighted by Crippen LogP contribution is -2.12. The van der Waals surface area contributed by atoms with Crippen LogP contribution in [0.2, 0.25) is 0 Å². The summed E-state index contributed by atoms with van der Waals surface area (Å²) in [6.07, 6.45) is -4.41. The molecule has 0 N–H and O–H groups in total. The number of hydrogen-bond donors (Lipinski definition) is 0. The summed E-state index contributed by atoms with van der Waals surface area (Å²) in [6.45, 7) is 4.58. The Labute approximate surface area is 148 Å². The molecule has 8 heteroatoms. The molecule has 0 bridgehead atoms. The number of tetrazole rings is 1. The van der Waals surface area contributed by atoms with Crippen molar-refractivity contribution in [1.29, 1.82) is 0 Å². The van der Waals surface area contributed by atoms with E-state index in [4.69, 9.17) is 4.74 Å². The van der Waals surface area contributed by atoms with Crippen LogP contribution in [0.4, 0.5) is 13.2 Å². The summed E-state index contributed by atoms with van der Waals surface area (Å²) in [5.74, 6) is 0.953. The van der Waals surface area contributed by atoms with E-state index in [-0.39, 0.29) is 11.4 Å². The van der Waals surface area contributed by atoms with Crippen LogP contribution in [-0.4, -0.2) is 26.8 Å². The Morgan fingerprint density at radius 3 is 2.42 bits per heavy atom. The lowest BCUT2D eigenvalue weighted by molar-refractivity contribution is -0.137. The second-order valence-electron chi connectivity index (χ2n) is 5.86. The first-order valence-corrected chi connectivity index (χ1v) is 7.99. The van der Waals surface area contributed by atoms with Crippen LogP contribution < -0.4 is 4.74 Å². The van der Waals surface area contributed by atoms with Crippen molar-refractivity contribution in [2.45, 2.75) is 26.6 Å². The van der Waals surface area contributed by atoms with Gasteiger partial charge in [0, 0.05) is 5.56 Å². The molecule has 2 aromatic carbocycles. The number of ether oxygens (including phenoxy) is 1. The van der Waals surface area contributed by atoms with Crippen LogP contribution in [-0.2, 0) is 12.7 Å². The van der Waals surface area contributed by atoms with Crippen LogP contribution in [0.3, 0.4) is 0 Å². The number of aromatic nitrogens is 4. The van der Waals surface area contributed by atoms with Gasteiger partial charge >= 0.3 is 6.18 Å². The molecule has 0 saturated heterocycles. The third kappa shape index (κ3) is 4.01. The van der Waals surface area contributed by atoms with E-state index in [2.05, 4.69) is 15.4 Å². The highest BCUT2D eigenvalue weighted by atomic mass is 19.4. The maximum Gasteiger partial charge on any atom is 0.416 e. The smallest absolute Gasteiger partial charge is 0.416 e. The van der Waals surface area contributed by atoms with Gasteiger partial charge in [-0.25, -0.2) is 0 Å². The maximum atomic E-state index is 12.8. The monoisotopic (exact) mass is 362 g/mol. The molecule has 0 unspecified atom stereocenters. The zero-order valence-corrected chi connectivity index (χ0v) is 14.3. The van der Waals surface area contributed by atoms with Gasteiger partial charge in [-0.05, 0) is 42.3 Å². The Hall–Kier alpha value is -2.90. The molecule has 0 amide bonds. The summed E-state index contributed by atoms with van der Waals surface area (Å²) in [4.78, 5) is 1.31. The van der Waals surface area contributed by atoms with E-state index in [9.17, 15) is 13.2 Å². The molecule has 1 aromatic heterocycles. The topological polar surface area (TPSA) is 52.8 Å². The predicted molar refractivity (Wildman–Crippen MR) is 89.7 cm³/mol. The van der Waals surface area contributed by atoms with Gasteiger partial charge in [-0.3, -0.25) is 0 Å². The number of halogens is 3. The first kappa shape index (κ1) is 17.9. The van der Waals surface area contributed by atoms with Gasteiger partial charge in [-0.1, -0.05) is 30.3 Å². The first-order valence-electron chi connectivity index (χ1n) is 7.99. The molecule has 0 fully saturated rings. The van der Waals surface area contributed by atoms with Crippen LogP contribution in [0.25, 0.3) is 11.4 Å². The van der Waals surface area contributed by atoms with Crippen molar-refractivity contribution < 1.29 is 17.9 Å². The molecule has 0 atom stereocenters. The Balaban J connectivity index is 1.67. The van der Waals surface area contributed by atoms with Crippen molar-refractivity contribution in [2.24, 2.45) is 0 Å². The summed E-state index contributed by atoms with van der Waals surface area (Å²) in [5.41, 5.74) is 1.58.